The summed E-state index contributed by atoms with van der Waals surface area (Å²) in [6, 6.07) is 11.0. The van der Waals surface area contributed by atoms with Crippen molar-refractivity contribution in [2.45, 2.75) is 44.4 Å². The number of hydrogen-bond donors (Lipinski definition) is 2. The molecule has 3 aromatic heterocycles. The van der Waals surface area contributed by atoms with E-state index in [1.807, 2.05) is 24.3 Å². The fourth-order valence-electron chi connectivity index (χ4n) is 5.61. The van der Waals surface area contributed by atoms with E-state index in [1.54, 1.807) is 15.8 Å². The number of amides is 1. The molecule has 44 heavy (non-hydrogen) atoms. The lowest BCUT2D eigenvalue weighted by molar-refractivity contribution is 0.0646. The number of fused-ring (bicyclic) bond motifs is 2. The normalized spacial score (nSPS) is 18.4. The highest BCUT2D eigenvalue weighted by Crippen LogP contribution is 2.31. The van der Waals surface area contributed by atoms with Crippen LogP contribution in [0.25, 0.3) is 21.1 Å². The molecule has 2 N–H and O–H groups in total. The number of hydrogen-bond acceptors (Lipinski definition) is 8. The molecule has 7 rings (SSSR count). The van der Waals surface area contributed by atoms with Gasteiger partial charge in [-0.1, -0.05) is 11.8 Å². The molecule has 0 saturated carbocycles. The molecule has 5 heterocycles. The molecule has 2 aliphatic heterocycles. The highest BCUT2D eigenvalue weighted by Gasteiger charge is 2.28. The molecule has 2 saturated heterocycles. The van der Waals surface area contributed by atoms with Gasteiger partial charge in [0.2, 0.25) is 0 Å². The molecule has 2 atom stereocenters. The monoisotopic (exact) mass is 613 g/mol. The lowest BCUT2D eigenvalue weighted by Crippen LogP contribution is -2.38. The van der Waals surface area contributed by atoms with E-state index >= 15 is 0 Å². The molecule has 2 fully saturated rings. The number of ether oxygens (including phenoxy) is 1. The van der Waals surface area contributed by atoms with Gasteiger partial charge < -0.3 is 15.0 Å². The van der Waals surface area contributed by atoms with Crippen molar-refractivity contribution in [3.8, 4) is 11.8 Å². The van der Waals surface area contributed by atoms with Crippen LogP contribution in [-0.4, -0.2) is 62.5 Å². The summed E-state index contributed by atoms with van der Waals surface area (Å²) in [5.74, 6) is 6.23. The second-order valence-electron chi connectivity index (χ2n) is 11.0. The van der Waals surface area contributed by atoms with Crippen LogP contribution in [0.5, 0.6) is 0 Å². The van der Waals surface area contributed by atoms with Crippen molar-refractivity contribution in [1.29, 1.82) is 0 Å². The van der Waals surface area contributed by atoms with Crippen molar-refractivity contribution in [2.75, 3.05) is 25.0 Å². The van der Waals surface area contributed by atoms with Gasteiger partial charge in [-0.3, -0.25) is 10.00 Å². The topological polar surface area (TPSA) is 97.2 Å². The minimum Gasteiger partial charge on any atom is -0.445 e. The maximum atomic E-state index is 14.2. The van der Waals surface area contributed by atoms with E-state index < -0.39 is 11.6 Å². The molecule has 0 bridgehead atoms. The van der Waals surface area contributed by atoms with Crippen molar-refractivity contribution in [3.05, 3.63) is 77.1 Å². The first-order valence-electron chi connectivity index (χ1n) is 14.6. The number of anilines is 2. The molecule has 12 heteroatoms. The SMILES string of the molecule is O=C(O[C@H]1CN[C@H](C#Cc2cc3ncnc(Nc4ccc5c(cnn5Cc5cc(F)ccc5F)c4)c3s2)C1)N1CCCCC1. The van der Waals surface area contributed by atoms with Crippen molar-refractivity contribution in [3.63, 3.8) is 0 Å². The summed E-state index contributed by atoms with van der Waals surface area (Å²) in [5.41, 5.74) is 2.62. The zero-order valence-electron chi connectivity index (χ0n) is 23.7. The van der Waals surface area contributed by atoms with Gasteiger partial charge in [0.05, 0.1) is 39.4 Å². The fourth-order valence-corrected chi connectivity index (χ4v) is 6.53. The predicted octanol–water partition coefficient (Wildman–Crippen LogP) is 5.82. The quantitative estimate of drug-likeness (QED) is 0.241. The average Bonchev–Trinajstić information content (AvgIpc) is 3.77. The maximum absolute atomic E-state index is 14.2. The standard InChI is InChI=1S/C32H29F2N7O2S/c33-22-4-8-27(34)21(12-22)18-41-29-9-6-24(13-20(29)16-38-41)39-31-30-28(36-19-37-31)15-26(44-30)7-5-23-14-25(17-35-23)43-32(42)40-10-2-1-3-11-40/h4,6,8-9,12-13,15-16,19,23,25,35H,1-3,10-11,14,17-18H2,(H,36,37,39)/t23-,25-/m1/s1. The van der Waals surface area contributed by atoms with Crippen molar-refractivity contribution in [1.82, 2.24) is 30.0 Å². The number of halogens is 2. The van der Waals surface area contributed by atoms with Gasteiger partial charge in [0.25, 0.3) is 0 Å². The molecule has 2 aliphatic rings. The van der Waals surface area contributed by atoms with Crippen molar-refractivity contribution >= 4 is 50.1 Å². The number of likely N-dealkylation sites (tertiary alicyclic amines) is 1. The molecule has 0 spiro atoms. The summed E-state index contributed by atoms with van der Waals surface area (Å²) in [4.78, 5) is 24.0. The van der Waals surface area contributed by atoms with Crippen LogP contribution in [-0.2, 0) is 11.3 Å². The van der Waals surface area contributed by atoms with E-state index in [-0.39, 0.29) is 30.3 Å². The Balaban J connectivity index is 1.02. The zero-order chi connectivity index (χ0) is 30.0. The van der Waals surface area contributed by atoms with Crippen LogP contribution in [0.4, 0.5) is 25.1 Å². The van der Waals surface area contributed by atoms with Crippen LogP contribution < -0.4 is 10.6 Å². The largest absolute Gasteiger partial charge is 0.445 e. The molecule has 224 valence electrons. The molecule has 9 nitrogen and oxygen atoms in total. The Kier molecular flexibility index (Phi) is 7.80. The third-order valence-electron chi connectivity index (χ3n) is 7.89. The second-order valence-corrected chi connectivity index (χ2v) is 12.1. The predicted molar refractivity (Wildman–Crippen MR) is 165 cm³/mol. The third-order valence-corrected chi connectivity index (χ3v) is 8.93. The highest BCUT2D eigenvalue weighted by atomic mass is 32.1. The van der Waals surface area contributed by atoms with E-state index in [0.717, 1.165) is 69.7 Å². The first-order chi connectivity index (χ1) is 21.5. The number of benzene rings is 2. The average molecular weight is 614 g/mol. The molecule has 0 aliphatic carbocycles. The number of carbonyl (C=O) groups excluding carboxylic acids is 1. The van der Waals surface area contributed by atoms with Gasteiger partial charge in [-0.25, -0.2) is 23.5 Å². The summed E-state index contributed by atoms with van der Waals surface area (Å²) in [6.07, 6.45) is 6.69. The minimum absolute atomic E-state index is 0.0619. The third kappa shape index (κ3) is 6.06. The van der Waals surface area contributed by atoms with E-state index in [1.165, 1.54) is 30.2 Å². The zero-order valence-corrected chi connectivity index (χ0v) is 24.5. The van der Waals surface area contributed by atoms with Gasteiger partial charge in [0.1, 0.15) is 24.1 Å². The van der Waals surface area contributed by atoms with Crippen LogP contribution in [0.3, 0.4) is 0 Å². The molecule has 1 amide bonds. The smallest absolute Gasteiger partial charge is 0.410 e. The molecular formula is C32H29F2N7O2S. The number of aromatic nitrogens is 4. The molecule has 0 unspecified atom stereocenters. The second kappa shape index (κ2) is 12.2. The Labute approximate surface area is 256 Å². The minimum atomic E-state index is -0.488. The fraction of sp³-hybridized carbons (Fsp3) is 0.312. The first kappa shape index (κ1) is 28.2. The van der Waals surface area contributed by atoms with Gasteiger partial charge in [-0.05, 0) is 61.7 Å². The number of carbonyl (C=O) groups is 1. The Morgan fingerprint density at radius 2 is 2.00 bits per heavy atom. The van der Waals surface area contributed by atoms with E-state index in [9.17, 15) is 13.6 Å². The Bertz CT molecular complexity index is 1910. The van der Waals surface area contributed by atoms with E-state index in [4.69, 9.17) is 4.74 Å². The van der Waals surface area contributed by atoms with Gasteiger partial charge in [-0.15, -0.1) is 11.3 Å². The number of rotatable bonds is 5. The maximum Gasteiger partial charge on any atom is 0.410 e. The van der Waals surface area contributed by atoms with E-state index in [2.05, 4.69) is 37.5 Å². The summed E-state index contributed by atoms with van der Waals surface area (Å²) in [6.45, 7) is 2.25. The Morgan fingerprint density at radius 3 is 2.89 bits per heavy atom. The molecular weight excluding hydrogens is 584 g/mol. The van der Waals surface area contributed by atoms with Crippen LogP contribution in [0.15, 0.2) is 55.0 Å². The molecule has 5 aromatic rings. The van der Waals surface area contributed by atoms with Crippen LogP contribution in [0.2, 0.25) is 0 Å². The Hall–Kier alpha value is -4.60. The lowest BCUT2D eigenvalue weighted by Gasteiger charge is -2.27. The van der Waals surface area contributed by atoms with Crippen molar-refractivity contribution in [2.24, 2.45) is 0 Å². The summed E-state index contributed by atoms with van der Waals surface area (Å²) in [7, 11) is 0. The Morgan fingerprint density at radius 1 is 1.11 bits per heavy atom. The van der Waals surface area contributed by atoms with Crippen LogP contribution >= 0.6 is 11.3 Å². The van der Waals surface area contributed by atoms with Crippen LogP contribution in [0, 0.1) is 23.5 Å². The number of thiophene rings is 1. The van der Waals surface area contributed by atoms with Gasteiger partial charge in [-0.2, -0.15) is 5.10 Å². The number of nitrogens with one attached hydrogen (secondary N) is 2. The van der Waals surface area contributed by atoms with Gasteiger partial charge >= 0.3 is 6.09 Å². The molecule has 2 aromatic carbocycles. The van der Waals surface area contributed by atoms with Crippen molar-refractivity contribution < 1.29 is 18.3 Å². The van der Waals surface area contributed by atoms with Crippen LogP contribution in [0.1, 0.15) is 36.1 Å². The summed E-state index contributed by atoms with van der Waals surface area (Å²) >= 11 is 1.50. The summed E-state index contributed by atoms with van der Waals surface area (Å²) in [5, 5.41) is 12.0. The molecule has 0 radical (unpaired) electrons. The first-order valence-corrected chi connectivity index (χ1v) is 15.4. The number of nitrogens with zero attached hydrogens (tertiary/aromatic N) is 5. The highest BCUT2D eigenvalue weighted by molar-refractivity contribution is 7.20. The lowest BCUT2D eigenvalue weighted by atomic mass is 10.1. The van der Waals surface area contributed by atoms with E-state index in [0.29, 0.717) is 18.8 Å². The summed E-state index contributed by atoms with van der Waals surface area (Å²) < 4.78 is 36.1. The number of piperidine rings is 1. The van der Waals surface area contributed by atoms with Gasteiger partial charge in [0.15, 0.2) is 5.82 Å². The van der Waals surface area contributed by atoms with Gasteiger partial charge in [0, 0.05) is 42.7 Å².